The third-order valence-electron chi connectivity index (χ3n) is 14.2. The fourth-order valence-corrected chi connectivity index (χ4v) is 10.0. The van der Waals surface area contributed by atoms with E-state index in [4.69, 9.17) is 9.05 Å². The third-order valence-corrected chi connectivity index (χ3v) is 15.2. The van der Waals surface area contributed by atoms with E-state index >= 15 is 0 Å². The predicted octanol–water partition coefficient (Wildman–Crippen LogP) is 19.5. The minimum Gasteiger partial charge on any atom is -0.387 e. The zero-order chi connectivity index (χ0) is 53.5. The highest BCUT2D eigenvalue weighted by Crippen LogP contribution is 2.43. The Balaban J connectivity index is 3.95. The quantitative estimate of drug-likeness (QED) is 0.0243. The van der Waals surface area contributed by atoms with E-state index in [2.05, 4.69) is 55.6 Å². The molecular weight excluding hydrogens is 924 g/mol. The van der Waals surface area contributed by atoms with Crippen LogP contribution in [0.1, 0.15) is 303 Å². The van der Waals surface area contributed by atoms with Crippen LogP contribution in [-0.4, -0.2) is 73.4 Å². The van der Waals surface area contributed by atoms with Gasteiger partial charge in [0, 0.05) is 6.42 Å². The minimum atomic E-state index is -4.36. The summed E-state index contributed by atoms with van der Waals surface area (Å²) in [6, 6.07) is -0.869. The standard InChI is InChI=1S/C64H123N2O6P/c1-6-8-10-12-14-16-18-20-22-23-24-25-26-27-28-29-30-31-32-33-34-35-36-37-38-39-40-41-42-43-44-46-48-50-52-54-56-58-64(68)65-62(61-72-73(69,70)71-60-59-66(3,4)5)63(67)57-55-53-51-49-47-45-21-19-17-15-13-11-9-7-2/h17,19,31-32,47,49,55,57,62-63,67H,6-16,18,20-30,33-46,48,50-54,56,58-61H2,1-5H3,(H-,65,68,69,70)/p+1/b19-17+,32-31-,49-47+,57-55+. The van der Waals surface area contributed by atoms with Gasteiger partial charge in [0.15, 0.2) is 0 Å². The highest BCUT2D eigenvalue weighted by atomic mass is 31.2. The Morgan fingerprint density at radius 3 is 1.11 bits per heavy atom. The molecule has 0 heterocycles. The Kier molecular flexibility index (Phi) is 54.1. The molecule has 0 spiro atoms. The van der Waals surface area contributed by atoms with Crippen molar-refractivity contribution in [3.63, 3.8) is 0 Å². The van der Waals surface area contributed by atoms with E-state index in [0.29, 0.717) is 17.4 Å². The second-order valence-corrected chi connectivity index (χ2v) is 24.2. The van der Waals surface area contributed by atoms with Gasteiger partial charge in [-0.05, 0) is 70.6 Å². The van der Waals surface area contributed by atoms with Crippen LogP contribution in [0.15, 0.2) is 48.6 Å². The summed E-state index contributed by atoms with van der Waals surface area (Å²) in [6.07, 6.45) is 74.0. The molecule has 0 aliphatic heterocycles. The number of aliphatic hydroxyl groups is 1. The number of carbonyl (C=O) groups is 1. The number of quaternary nitrogens is 1. The molecule has 0 rings (SSSR count). The topological polar surface area (TPSA) is 105 Å². The van der Waals surface area contributed by atoms with E-state index in [9.17, 15) is 19.4 Å². The van der Waals surface area contributed by atoms with E-state index in [1.807, 2.05) is 27.2 Å². The number of rotatable bonds is 58. The number of nitrogens with zero attached hydrogens (tertiary/aromatic N) is 1. The molecule has 0 aliphatic carbocycles. The van der Waals surface area contributed by atoms with Crippen LogP contribution in [0.5, 0.6) is 0 Å². The highest BCUT2D eigenvalue weighted by Gasteiger charge is 2.27. The average molecular weight is 1050 g/mol. The number of carbonyl (C=O) groups excluding carboxylic acids is 1. The van der Waals surface area contributed by atoms with E-state index in [1.54, 1.807) is 6.08 Å². The molecule has 9 heteroatoms. The fraction of sp³-hybridized carbons (Fsp3) is 0.859. The summed E-state index contributed by atoms with van der Waals surface area (Å²) in [6.45, 7) is 4.79. The number of allylic oxidation sites excluding steroid dienone is 7. The zero-order valence-corrected chi connectivity index (χ0v) is 50.0. The van der Waals surface area contributed by atoms with Gasteiger partial charge in [-0.25, -0.2) is 4.57 Å². The SMILES string of the molecule is CCCCCC/C=C/CC/C=C/CC/C=C/C(O)C(COP(=O)(O)OCC[N+](C)(C)C)NC(=O)CCCCCCCCCCCCCCCCCCC/C=C\CCCCCCCCCCCCCCCCCC. The molecule has 0 aromatic carbocycles. The summed E-state index contributed by atoms with van der Waals surface area (Å²) in [7, 11) is 1.55. The van der Waals surface area contributed by atoms with E-state index in [0.717, 1.165) is 44.9 Å². The van der Waals surface area contributed by atoms with E-state index in [-0.39, 0.29) is 19.1 Å². The van der Waals surface area contributed by atoms with Crippen molar-refractivity contribution in [3.05, 3.63) is 48.6 Å². The van der Waals surface area contributed by atoms with Crippen LogP contribution >= 0.6 is 7.82 Å². The Labute approximate surface area is 454 Å². The fourth-order valence-electron chi connectivity index (χ4n) is 9.31. The van der Waals surface area contributed by atoms with Crippen molar-refractivity contribution in [1.82, 2.24) is 5.32 Å². The first kappa shape index (κ1) is 71.5. The molecule has 0 radical (unpaired) electrons. The highest BCUT2D eigenvalue weighted by molar-refractivity contribution is 7.47. The molecule has 1 amide bonds. The molecule has 3 N–H and O–H groups in total. The Morgan fingerprint density at radius 1 is 0.452 bits per heavy atom. The number of nitrogens with one attached hydrogen (secondary N) is 1. The summed E-state index contributed by atoms with van der Waals surface area (Å²) in [5, 5.41) is 13.9. The Morgan fingerprint density at radius 2 is 0.753 bits per heavy atom. The summed E-state index contributed by atoms with van der Waals surface area (Å²) >= 11 is 0. The normalized spacial score (nSPS) is 14.1. The van der Waals surface area contributed by atoms with Crippen LogP contribution in [0, 0.1) is 0 Å². The molecule has 0 aliphatic rings. The van der Waals surface area contributed by atoms with Gasteiger partial charge < -0.3 is 19.8 Å². The average Bonchev–Trinajstić information content (AvgIpc) is 3.35. The lowest BCUT2D eigenvalue weighted by Gasteiger charge is -2.25. The smallest absolute Gasteiger partial charge is 0.387 e. The van der Waals surface area contributed by atoms with Crippen molar-refractivity contribution < 1.29 is 32.9 Å². The Hall–Kier alpha value is -1.54. The van der Waals surface area contributed by atoms with Crippen molar-refractivity contribution in [2.24, 2.45) is 0 Å². The van der Waals surface area contributed by atoms with Crippen LogP contribution in [0.4, 0.5) is 0 Å². The van der Waals surface area contributed by atoms with E-state index in [1.165, 1.54) is 238 Å². The molecule has 73 heavy (non-hydrogen) atoms. The maximum atomic E-state index is 13.0. The molecule has 8 nitrogen and oxygen atoms in total. The second kappa shape index (κ2) is 55.2. The lowest BCUT2D eigenvalue weighted by molar-refractivity contribution is -0.870. The largest absolute Gasteiger partial charge is 0.472 e. The molecule has 0 aromatic rings. The van der Waals surface area contributed by atoms with Crippen molar-refractivity contribution in [1.29, 1.82) is 0 Å². The molecule has 0 aromatic heterocycles. The van der Waals surface area contributed by atoms with Crippen LogP contribution in [-0.2, 0) is 18.4 Å². The van der Waals surface area contributed by atoms with Crippen molar-refractivity contribution >= 4 is 13.7 Å². The van der Waals surface area contributed by atoms with Gasteiger partial charge in [-0.15, -0.1) is 0 Å². The lowest BCUT2D eigenvalue weighted by atomic mass is 10.0. The van der Waals surface area contributed by atoms with Crippen LogP contribution in [0.25, 0.3) is 0 Å². The number of phosphoric ester groups is 1. The van der Waals surface area contributed by atoms with Gasteiger partial charge in [0.25, 0.3) is 0 Å². The van der Waals surface area contributed by atoms with Crippen LogP contribution < -0.4 is 5.32 Å². The van der Waals surface area contributed by atoms with Gasteiger partial charge in [-0.3, -0.25) is 13.8 Å². The molecular formula is C64H124N2O6P+. The number of unbranched alkanes of at least 4 members (excludes halogenated alkanes) is 39. The molecule has 3 unspecified atom stereocenters. The number of phosphoric acid groups is 1. The number of hydrogen-bond acceptors (Lipinski definition) is 5. The first-order valence-electron chi connectivity index (χ1n) is 31.5. The zero-order valence-electron chi connectivity index (χ0n) is 49.1. The van der Waals surface area contributed by atoms with Crippen molar-refractivity contribution in [2.75, 3.05) is 40.9 Å². The molecule has 3 atom stereocenters. The summed E-state index contributed by atoms with van der Waals surface area (Å²) < 4.78 is 23.7. The number of aliphatic hydroxyl groups excluding tert-OH is 1. The van der Waals surface area contributed by atoms with Crippen LogP contribution in [0.2, 0.25) is 0 Å². The maximum Gasteiger partial charge on any atom is 0.472 e. The number of hydrogen-bond donors (Lipinski definition) is 3. The minimum absolute atomic E-state index is 0.0537. The summed E-state index contributed by atoms with van der Waals surface area (Å²) in [5.41, 5.74) is 0. The molecule has 430 valence electrons. The van der Waals surface area contributed by atoms with Gasteiger partial charge in [0.2, 0.25) is 5.91 Å². The molecule has 0 fully saturated rings. The predicted molar refractivity (Wildman–Crippen MR) is 318 cm³/mol. The van der Waals surface area contributed by atoms with Gasteiger partial charge in [0.1, 0.15) is 13.2 Å². The molecule has 0 saturated heterocycles. The maximum absolute atomic E-state index is 13.0. The summed E-state index contributed by atoms with van der Waals surface area (Å²) in [5.74, 6) is -0.188. The number of likely N-dealkylation sites (N-methyl/N-ethyl adjacent to an activating group) is 1. The second-order valence-electron chi connectivity index (χ2n) is 22.8. The summed E-state index contributed by atoms with van der Waals surface area (Å²) in [4.78, 5) is 23.3. The van der Waals surface area contributed by atoms with Gasteiger partial charge >= 0.3 is 7.82 Å². The molecule has 0 saturated carbocycles. The van der Waals surface area contributed by atoms with Gasteiger partial charge in [-0.2, -0.15) is 0 Å². The molecule has 0 bridgehead atoms. The number of amides is 1. The first-order valence-corrected chi connectivity index (χ1v) is 33.0. The van der Waals surface area contributed by atoms with Gasteiger partial charge in [-0.1, -0.05) is 274 Å². The first-order chi connectivity index (χ1) is 35.5. The van der Waals surface area contributed by atoms with Crippen molar-refractivity contribution in [2.45, 2.75) is 315 Å². The van der Waals surface area contributed by atoms with Crippen molar-refractivity contribution in [3.8, 4) is 0 Å². The van der Waals surface area contributed by atoms with Gasteiger partial charge in [0.05, 0.1) is 39.9 Å². The van der Waals surface area contributed by atoms with E-state index < -0.39 is 20.0 Å². The monoisotopic (exact) mass is 1050 g/mol. The Bertz CT molecular complexity index is 1330. The lowest BCUT2D eigenvalue weighted by Crippen LogP contribution is -2.45. The van der Waals surface area contributed by atoms with Crippen LogP contribution in [0.3, 0.4) is 0 Å². The third kappa shape index (κ3) is 58.0.